The number of hydrogen-bond acceptors (Lipinski definition) is 7. The summed E-state index contributed by atoms with van der Waals surface area (Å²) < 4.78 is 0. The van der Waals surface area contributed by atoms with Crippen molar-refractivity contribution in [3.05, 3.63) is 47.5 Å². The number of aromatic amines is 1. The molecule has 0 spiro atoms. The van der Waals surface area contributed by atoms with Gasteiger partial charge in [0.15, 0.2) is 5.65 Å². The number of pyridine rings is 1. The van der Waals surface area contributed by atoms with E-state index in [1.165, 1.54) is 17.0 Å². The number of hydrogen-bond donors (Lipinski definition) is 1. The topological polar surface area (TPSA) is 64.2 Å². The van der Waals surface area contributed by atoms with Crippen LogP contribution in [-0.2, 0) is 6.42 Å². The SMILES string of the molecule is CCc1[nH]c2cc(Sc3cnc4nccnc4c3)cc(N3CCC(N4CCN(C)CC4)C3)c2c1Cl. The van der Waals surface area contributed by atoms with Crippen molar-refractivity contribution in [2.45, 2.75) is 35.6 Å². The monoisotopic (exact) mass is 507 g/mol. The summed E-state index contributed by atoms with van der Waals surface area (Å²) in [6, 6.07) is 7.17. The summed E-state index contributed by atoms with van der Waals surface area (Å²) in [4.78, 5) is 26.6. The van der Waals surface area contributed by atoms with Crippen LogP contribution in [0.15, 0.2) is 46.6 Å². The summed E-state index contributed by atoms with van der Waals surface area (Å²) in [5.41, 5.74) is 4.91. The highest BCUT2D eigenvalue weighted by molar-refractivity contribution is 7.99. The van der Waals surface area contributed by atoms with Crippen LogP contribution in [0, 0.1) is 0 Å². The average molecular weight is 508 g/mol. The first kappa shape index (κ1) is 23.0. The smallest absolute Gasteiger partial charge is 0.178 e. The Morgan fingerprint density at radius 2 is 1.86 bits per heavy atom. The van der Waals surface area contributed by atoms with Gasteiger partial charge in [0.1, 0.15) is 5.52 Å². The average Bonchev–Trinajstić information content (AvgIpc) is 3.49. The normalized spacial score (nSPS) is 19.9. The van der Waals surface area contributed by atoms with Crippen LogP contribution < -0.4 is 4.90 Å². The number of halogens is 1. The van der Waals surface area contributed by atoms with Gasteiger partial charge < -0.3 is 14.8 Å². The Balaban J connectivity index is 1.33. The number of benzene rings is 1. The first-order valence-electron chi connectivity index (χ1n) is 12.4. The summed E-state index contributed by atoms with van der Waals surface area (Å²) >= 11 is 8.62. The lowest BCUT2D eigenvalue weighted by Gasteiger charge is -2.36. The van der Waals surface area contributed by atoms with E-state index in [1.807, 2.05) is 6.20 Å². The molecule has 5 heterocycles. The van der Waals surface area contributed by atoms with Gasteiger partial charge in [0.2, 0.25) is 0 Å². The molecule has 7 nitrogen and oxygen atoms in total. The van der Waals surface area contributed by atoms with Gasteiger partial charge in [-0.05, 0) is 38.1 Å². The molecule has 6 rings (SSSR count). The molecule has 1 atom stereocenters. The molecule has 3 aromatic heterocycles. The van der Waals surface area contributed by atoms with Crippen LogP contribution in [0.5, 0.6) is 0 Å². The van der Waals surface area contributed by atoms with E-state index < -0.39 is 0 Å². The molecule has 2 aliphatic heterocycles. The summed E-state index contributed by atoms with van der Waals surface area (Å²) in [7, 11) is 2.22. The van der Waals surface area contributed by atoms with E-state index in [2.05, 4.69) is 66.8 Å². The number of rotatable bonds is 5. The van der Waals surface area contributed by atoms with E-state index in [9.17, 15) is 0 Å². The first-order valence-corrected chi connectivity index (χ1v) is 13.5. The van der Waals surface area contributed by atoms with Crippen molar-refractivity contribution in [2.75, 3.05) is 51.2 Å². The van der Waals surface area contributed by atoms with Crippen molar-refractivity contribution in [2.24, 2.45) is 0 Å². The van der Waals surface area contributed by atoms with Crippen LogP contribution in [-0.4, -0.2) is 82.1 Å². The van der Waals surface area contributed by atoms with Gasteiger partial charge in [-0.3, -0.25) is 9.88 Å². The van der Waals surface area contributed by atoms with Crippen LogP contribution in [0.2, 0.25) is 5.02 Å². The molecule has 1 aromatic carbocycles. The molecule has 1 N–H and O–H groups in total. The fourth-order valence-corrected chi connectivity index (χ4v) is 6.60. The third kappa shape index (κ3) is 4.48. The highest BCUT2D eigenvalue weighted by atomic mass is 35.5. The van der Waals surface area contributed by atoms with Gasteiger partial charge in [-0.25, -0.2) is 9.97 Å². The maximum Gasteiger partial charge on any atom is 0.178 e. The minimum absolute atomic E-state index is 0.599. The van der Waals surface area contributed by atoms with Crippen molar-refractivity contribution in [3.8, 4) is 0 Å². The van der Waals surface area contributed by atoms with E-state index in [4.69, 9.17) is 11.6 Å². The number of fused-ring (bicyclic) bond motifs is 2. The predicted octanol–water partition coefficient (Wildman–Crippen LogP) is 4.70. The maximum atomic E-state index is 6.91. The van der Waals surface area contributed by atoms with Gasteiger partial charge in [0.25, 0.3) is 0 Å². The molecule has 0 amide bonds. The molecular weight excluding hydrogens is 478 g/mol. The molecule has 4 aromatic rings. The largest absolute Gasteiger partial charge is 0.369 e. The lowest BCUT2D eigenvalue weighted by molar-refractivity contribution is 0.120. The van der Waals surface area contributed by atoms with Crippen molar-refractivity contribution in [1.82, 2.24) is 29.7 Å². The molecule has 0 bridgehead atoms. The van der Waals surface area contributed by atoms with E-state index in [1.54, 1.807) is 24.2 Å². The lowest BCUT2D eigenvalue weighted by atomic mass is 10.1. The Morgan fingerprint density at radius 3 is 2.69 bits per heavy atom. The van der Waals surface area contributed by atoms with E-state index >= 15 is 0 Å². The molecule has 2 saturated heterocycles. The number of anilines is 1. The van der Waals surface area contributed by atoms with Gasteiger partial charge in [-0.1, -0.05) is 30.3 Å². The highest BCUT2D eigenvalue weighted by Gasteiger charge is 2.31. The molecule has 9 heteroatoms. The lowest BCUT2D eigenvalue weighted by Crippen LogP contribution is -2.49. The summed E-state index contributed by atoms with van der Waals surface area (Å²) in [5, 5.41) is 2.01. The molecule has 2 fully saturated rings. The van der Waals surface area contributed by atoms with Gasteiger partial charge in [0.05, 0.1) is 10.5 Å². The molecule has 2 aliphatic rings. The zero-order valence-electron chi connectivity index (χ0n) is 20.2. The molecule has 0 radical (unpaired) electrons. The van der Waals surface area contributed by atoms with Crippen molar-refractivity contribution < 1.29 is 0 Å². The Kier molecular flexibility index (Phi) is 6.30. The molecule has 35 heavy (non-hydrogen) atoms. The van der Waals surface area contributed by atoms with Crippen LogP contribution in [0.1, 0.15) is 19.0 Å². The van der Waals surface area contributed by atoms with E-state index in [0.717, 1.165) is 77.7 Å². The van der Waals surface area contributed by atoms with Gasteiger partial charge in [-0.15, -0.1) is 0 Å². The van der Waals surface area contributed by atoms with Crippen molar-refractivity contribution in [3.63, 3.8) is 0 Å². The number of nitrogens with one attached hydrogen (secondary N) is 1. The number of nitrogens with zero attached hydrogens (tertiary/aromatic N) is 6. The second-order valence-corrected chi connectivity index (χ2v) is 11.1. The second-order valence-electron chi connectivity index (χ2n) is 9.54. The third-order valence-corrected chi connectivity index (χ3v) is 8.66. The Morgan fingerprint density at radius 1 is 1.03 bits per heavy atom. The number of piperazine rings is 1. The van der Waals surface area contributed by atoms with Crippen LogP contribution in [0.4, 0.5) is 5.69 Å². The molecule has 182 valence electrons. The Hall–Kier alpha value is -2.39. The zero-order valence-corrected chi connectivity index (χ0v) is 21.7. The molecule has 0 aliphatic carbocycles. The summed E-state index contributed by atoms with van der Waals surface area (Å²) in [6.45, 7) is 8.86. The highest BCUT2D eigenvalue weighted by Crippen LogP contribution is 2.42. The minimum atomic E-state index is 0.599. The van der Waals surface area contributed by atoms with Crippen LogP contribution >= 0.6 is 23.4 Å². The van der Waals surface area contributed by atoms with Crippen LogP contribution in [0.25, 0.3) is 22.1 Å². The van der Waals surface area contributed by atoms with E-state index in [0.29, 0.717) is 11.7 Å². The van der Waals surface area contributed by atoms with Crippen LogP contribution in [0.3, 0.4) is 0 Å². The Bertz CT molecular complexity index is 1360. The third-order valence-electron chi connectivity index (χ3n) is 7.31. The van der Waals surface area contributed by atoms with Gasteiger partial charge in [0, 0.05) is 90.5 Å². The van der Waals surface area contributed by atoms with Gasteiger partial charge >= 0.3 is 0 Å². The number of aryl methyl sites for hydroxylation is 1. The molecular formula is C26H30ClN7S. The number of H-pyrrole nitrogens is 1. The standard InChI is InChI=1S/C26H30ClN7S/c1-3-20-25(27)24-21(31-20)12-18(35-19-13-22-26(30-15-19)29-6-5-28-22)14-23(24)34-7-4-17(16-34)33-10-8-32(2)9-11-33/h5-6,12-15,17,31H,3-4,7-11,16H2,1-2H3. The molecule has 0 saturated carbocycles. The number of likely N-dealkylation sites (N-methyl/N-ethyl adjacent to an activating group) is 1. The van der Waals surface area contributed by atoms with E-state index in [-0.39, 0.29) is 0 Å². The second kappa shape index (κ2) is 9.58. The quantitative estimate of drug-likeness (QED) is 0.420. The first-order chi connectivity index (χ1) is 17.1. The Labute approximate surface area is 214 Å². The van der Waals surface area contributed by atoms with Gasteiger partial charge in [-0.2, -0.15) is 0 Å². The molecule has 1 unspecified atom stereocenters. The zero-order chi connectivity index (χ0) is 23.9. The number of aromatic nitrogens is 4. The summed E-state index contributed by atoms with van der Waals surface area (Å²) in [5.74, 6) is 0. The summed E-state index contributed by atoms with van der Waals surface area (Å²) in [6.07, 6.45) is 7.34. The fraction of sp³-hybridized carbons (Fsp3) is 0.423. The predicted molar refractivity (Wildman–Crippen MR) is 144 cm³/mol. The van der Waals surface area contributed by atoms with Crippen molar-refractivity contribution in [1.29, 1.82) is 0 Å². The van der Waals surface area contributed by atoms with Crippen molar-refractivity contribution >= 4 is 51.1 Å². The minimum Gasteiger partial charge on any atom is -0.369 e. The fourth-order valence-electron chi connectivity index (χ4n) is 5.33. The maximum absolute atomic E-state index is 6.91.